The number of allylic oxidation sites excluding steroid dienone is 2. The highest BCUT2D eigenvalue weighted by molar-refractivity contribution is 6.10. The first-order valence-electron chi connectivity index (χ1n) is 16.1. The van der Waals surface area contributed by atoms with E-state index in [-0.39, 0.29) is 0 Å². The quantitative estimate of drug-likeness (QED) is 0.167. The Morgan fingerprint density at radius 1 is 0.553 bits per heavy atom. The largest absolute Gasteiger partial charge is 0.309 e. The highest BCUT2D eigenvalue weighted by atomic mass is 15.0. The molecule has 0 spiro atoms. The van der Waals surface area contributed by atoms with Gasteiger partial charge in [-0.05, 0) is 91.4 Å². The second kappa shape index (κ2) is 14.1. The molecule has 0 N–H and O–H groups in total. The molecule has 0 unspecified atom stereocenters. The normalized spacial score (nSPS) is 11.7. The minimum absolute atomic E-state index is 0.857. The molecule has 0 atom stereocenters. The summed E-state index contributed by atoms with van der Waals surface area (Å²) in [7, 11) is 0. The molecule has 0 fully saturated rings. The molecule has 2 heteroatoms. The zero-order chi connectivity index (χ0) is 32.8. The molecule has 0 aliphatic carbocycles. The Labute approximate surface area is 278 Å². The minimum Gasteiger partial charge on any atom is -0.309 e. The van der Waals surface area contributed by atoms with Crippen LogP contribution < -0.4 is 0 Å². The van der Waals surface area contributed by atoms with E-state index in [2.05, 4.69) is 184 Å². The summed E-state index contributed by atoms with van der Waals surface area (Å²) in [5.41, 5.74) is 14.3. The second-order valence-corrected chi connectivity index (χ2v) is 11.9. The van der Waals surface area contributed by atoms with Crippen LogP contribution in [-0.4, -0.2) is 10.3 Å². The number of benzene rings is 6. The number of rotatable bonds is 6. The Bertz CT molecular complexity index is 2130. The van der Waals surface area contributed by atoms with Crippen molar-refractivity contribution in [1.82, 2.24) is 4.57 Å². The summed E-state index contributed by atoms with van der Waals surface area (Å²) >= 11 is 0. The topological polar surface area (TPSA) is 17.3 Å². The van der Waals surface area contributed by atoms with Gasteiger partial charge in [-0.1, -0.05) is 133 Å². The number of para-hydroxylation sites is 2. The van der Waals surface area contributed by atoms with Gasteiger partial charge in [-0.3, -0.25) is 4.99 Å². The SMILES string of the molecule is C=CC(=N/C=C(\C)c1ccc(C)cc1)c1ccc(-n2c3ccccc3c3ccccc32)cc1.Cc1ccccc1-c1ccccc1C. The maximum atomic E-state index is 4.73. The molecule has 0 bridgehead atoms. The van der Waals surface area contributed by atoms with E-state index in [1.807, 2.05) is 12.3 Å². The number of aromatic nitrogens is 1. The Kier molecular flexibility index (Phi) is 9.41. The van der Waals surface area contributed by atoms with Crippen molar-refractivity contribution in [3.05, 3.63) is 192 Å². The molecule has 1 heterocycles. The van der Waals surface area contributed by atoms with Gasteiger partial charge in [-0.2, -0.15) is 0 Å². The Morgan fingerprint density at radius 3 is 1.53 bits per heavy atom. The van der Waals surface area contributed by atoms with E-state index in [0.29, 0.717) is 0 Å². The molecule has 0 amide bonds. The van der Waals surface area contributed by atoms with Gasteiger partial charge in [0.05, 0.1) is 16.7 Å². The van der Waals surface area contributed by atoms with E-state index in [1.165, 1.54) is 55.2 Å². The van der Waals surface area contributed by atoms with E-state index in [0.717, 1.165) is 22.5 Å². The highest BCUT2D eigenvalue weighted by Gasteiger charge is 2.11. The van der Waals surface area contributed by atoms with Gasteiger partial charge in [-0.25, -0.2) is 0 Å². The van der Waals surface area contributed by atoms with Gasteiger partial charge in [0, 0.05) is 28.2 Å². The van der Waals surface area contributed by atoms with Crippen LogP contribution >= 0.6 is 0 Å². The average molecular weight is 609 g/mol. The van der Waals surface area contributed by atoms with Crippen molar-refractivity contribution in [2.75, 3.05) is 0 Å². The van der Waals surface area contributed by atoms with Crippen LogP contribution in [0.25, 0.3) is 44.2 Å². The summed E-state index contributed by atoms with van der Waals surface area (Å²) in [5.74, 6) is 0. The maximum absolute atomic E-state index is 4.73. The van der Waals surface area contributed by atoms with Crippen LogP contribution in [-0.2, 0) is 0 Å². The molecule has 0 aliphatic heterocycles. The van der Waals surface area contributed by atoms with E-state index in [9.17, 15) is 0 Å². The molecule has 230 valence electrons. The molecular formula is C45H40N2. The smallest absolute Gasteiger partial charge is 0.0696 e. The molecular weight excluding hydrogens is 569 g/mol. The number of aliphatic imine (C=N–C) groups is 1. The van der Waals surface area contributed by atoms with Crippen LogP contribution in [0.5, 0.6) is 0 Å². The van der Waals surface area contributed by atoms with E-state index in [1.54, 1.807) is 0 Å². The molecule has 6 aromatic carbocycles. The number of aryl methyl sites for hydroxylation is 3. The standard InChI is InChI=1S/C31H26N2.C14H14/c1-4-29(32-21-23(3)24-15-13-22(2)14-16-24)25-17-19-26(20-18-25)33-30-11-7-5-9-27(30)28-10-6-8-12-31(28)33;1-11-7-3-5-9-13(11)14-10-6-4-8-12(14)2/h4-21H,1H2,2-3H3;3-10H,1-2H3/b23-21+,32-29?;. The summed E-state index contributed by atoms with van der Waals surface area (Å²) in [6.07, 6.45) is 3.73. The summed E-state index contributed by atoms with van der Waals surface area (Å²) in [4.78, 5) is 4.73. The lowest BCUT2D eigenvalue weighted by Crippen LogP contribution is -1.98. The first-order chi connectivity index (χ1) is 22.9. The zero-order valence-electron chi connectivity index (χ0n) is 27.6. The van der Waals surface area contributed by atoms with Crippen molar-refractivity contribution in [1.29, 1.82) is 0 Å². The van der Waals surface area contributed by atoms with Gasteiger partial charge in [0.15, 0.2) is 0 Å². The first-order valence-corrected chi connectivity index (χ1v) is 16.1. The van der Waals surface area contributed by atoms with Gasteiger partial charge < -0.3 is 4.57 Å². The number of fused-ring (bicyclic) bond motifs is 3. The fourth-order valence-corrected chi connectivity index (χ4v) is 6.03. The molecule has 1 aromatic heterocycles. The molecule has 2 nitrogen and oxygen atoms in total. The lowest BCUT2D eigenvalue weighted by Gasteiger charge is -2.09. The molecule has 0 radical (unpaired) electrons. The van der Waals surface area contributed by atoms with Crippen molar-refractivity contribution in [2.24, 2.45) is 4.99 Å². The molecule has 0 aliphatic rings. The Hall–Kier alpha value is -5.73. The zero-order valence-corrected chi connectivity index (χ0v) is 27.6. The molecule has 47 heavy (non-hydrogen) atoms. The summed E-state index contributed by atoms with van der Waals surface area (Å²) in [6, 6.07) is 51.2. The number of hydrogen-bond donors (Lipinski definition) is 0. The molecule has 0 saturated carbocycles. The van der Waals surface area contributed by atoms with E-state index in [4.69, 9.17) is 4.99 Å². The van der Waals surface area contributed by atoms with Gasteiger partial charge in [-0.15, -0.1) is 0 Å². The van der Waals surface area contributed by atoms with Crippen molar-refractivity contribution in [3.63, 3.8) is 0 Å². The van der Waals surface area contributed by atoms with Crippen LogP contribution in [0.2, 0.25) is 0 Å². The first kappa shape index (κ1) is 31.3. The lowest BCUT2D eigenvalue weighted by molar-refractivity contribution is 1.18. The lowest BCUT2D eigenvalue weighted by atomic mass is 9.97. The van der Waals surface area contributed by atoms with Crippen molar-refractivity contribution >= 4 is 33.1 Å². The van der Waals surface area contributed by atoms with Crippen LogP contribution in [0.1, 0.15) is 34.7 Å². The maximum Gasteiger partial charge on any atom is 0.0696 e. The summed E-state index contributed by atoms with van der Waals surface area (Å²) in [5, 5.41) is 2.53. The van der Waals surface area contributed by atoms with Gasteiger partial charge >= 0.3 is 0 Å². The average Bonchev–Trinajstić information content (AvgIpc) is 3.44. The van der Waals surface area contributed by atoms with Crippen LogP contribution in [0.3, 0.4) is 0 Å². The van der Waals surface area contributed by atoms with Gasteiger partial charge in [0.2, 0.25) is 0 Å². The fraction of sp³-hybridized carbons (Fsp3) is 0.0889. The molecule has 7 aromatic rings. The Morgan fingerprint density at radius 2 is 1.02 bits per heavy atom. The predicted molar refractivity (Wildman–Crippen MR) is 204 cm³/mol. The van der Waals surface area contributed by atoms with Gasteiger partial charge in [0.1, 0.15) is 0 Å². The summed E-state index contributed by atoms with van der Waals surface area (Å²) < 4.78 is 2.32. The minimum atomic E-state index is 0.857. The molecule has 0 saturated heterocycles. The Balaban J connectivity index is 0.000000230. The fourth-order valence-electron chi connectivity index (χ4n) is 6.03. The van der Waals surface area contributed by atoms with Gasteiger partial charge in [0.25, 0.3) is 0 Å². The summed E-state index contributed by atoms with van der Waals surface area (Å²) in [6.45, 7) is 12.5. The third-order valence-electron chi connectivity index (χ3n) is 8.68. The van der Waals surface area contributed by atoms with Crippen molar-refractivity contribution in [2.45, 2.75) is 27.7 Å². The predicted octanol–water partition coefficient (Wildman–Crippen LogP) is 12.1. The van der Waals surface area contributed by atoms with E-state index < -0.39 is 0 Å². The number of nitrogens with zero attached hydrogens (tertiary/aromatic N) is 2. The third-order valence-corrected chi connectivity index (χ3v) is 8.68. The third kappa shape index (κ3) is 6.78. The second-order valence-electron chi connectivity index (χ2n) is 11.9. The van der Waals surface area contributed by atoms with Crippen LogP contribution in [0.15, 0.2) is 169 Å². The number of hydrogen-bond acceptors (Lipinski definition) is 1. The van der Waals surface area contributed by atoms with E-state index >= 15 is 0 Å². The molecule has 7 rings (SSSR count). The monoisotopic (exact) mass is 608 g/mol. The highest BCUT2D eigenvalue weighted by Crippen LogP contribution is 2.32. The van der Waals surface area contributed by atoms with Crippen LogP contribution in [0, 0.1) is 20.8 Å². The van der Waals surface area contributed by atoms with Crippen LogP contribution in [0.4, 0.5) is 0 Å². The van der Waals surface area contributed by atoms with Crippen molar-refractivity contribution < 1.29 is 0 Å². The van der Waals surface area contributed by atoms with Crippen molar-refractivity contribution in [3.8, 4) is 16.8 Å².